The van der Waals surface area contributed by atoms with Crippen LogP contribution in [0.4, 0.5) is 0 Å². The van der Waals surface area contributed by atoms with E-state index in [-0.39, 0.29) is 47.4 Å². The summed E-state index contributed by atoms with van der Waals surface area (Å²) in [6, 6.07) is 0. The van der Waals surface area contributed by atoms with Gasteiger partial charge in [-0.1, -0.05) is 51.5 Å². The van der Waals surface area contributed by atoms with Crippen molar-refractivity contribution in [2.45, 2.75) is 180 Å². The van der Waals surface area contributed by atoms with Crippen LogP contribution in [0.15, 0.2) is 39.9 Å². The van der Waals surface area contributed by atoms with Crippen LogP contribution in [-0.2, 0) is 23.7 Å². The molecule has 4 bridgehead atoms. The minimum atomic E-state index is -1.12. The number of esters is 1. The van der Waals surface area contributed by atoms with Crippen molar-refractivity contribution in [3.8, 4) is 0 Å². The smallest absolute Gasteiger partial charge is 0.309 e. The number of aliphatic hydroxyl groups is 2. The highest BCUT2D eigenvalue weighted by Gasteiger charge is 2.64. The Morgan fingerprint density at radius 1 is 0.941 bits per heavy atom. The Labute approximate surface area is 306 Å². The molecule has 4 fully saturated rings. The lowest BCUT2D eigenvalue weighted by Gasteiger charge is -2.49. The molecule has 8 heteroatoms. The summed E-state index contributed by atoms with van der Waals surface area (Å²) in [6.07, 6.45) is 12.2. The van der Waals surface area contributed by atoms with Crippen LogP contribution in [-0.4, -0.2) is 70.0 Å². The number of cyclic esters (lactones) is 1. The van der Waals surface area contributed by atoms with Gasteiger partial charge in [-0.05, 0) is 107 Å². The van der Waals surface area contributed by atoms with E-state index >= 15 is 0 Å². The molecule has 2 N–H and O–H groups in total. The van der Waals surface area contributed by atoms with E-state index in [1.54, 1.807) is 0 Å². The number of carbonyl (C=O) groups excluding carboxylic acids is 1. The maximum absolute atomic E-state index is 12.6. The molecule has 0 aromatic rings. The first-order valence-corrected chi connectivity index (χ1v) is 20.3. The van der Waals surface area contributed by atoms with E-state index in [2.05, 4.69) is 47.3 Å². The van der Waals surface area contributed by atoms with Gasteiger partial charge in [0.2, 0.25) is 5.79 Å². The van der Waals surface area contributed by atoms with E-state index in [1.165, 1.54) is 22.4 Å². The number of aliphatic imine (C=N–C) groups is 1. The zero-order valence-corrected chi connectivity index (χ0v) is 32.5. The Bertz CT molecular complexity index is 1480. The Kier molecular flexibility index (Phi) is 10.1. The van der Waals surface area contributed by atoms with Crippen LogP contribution in [0.5, 0.6) is 0 Å². The second-order valence-corrected chi connectivity index (χ2v) is 18.5. The third-order valence-corrected chi connectivity index (χ3v) is 14.6. The zero-order chi connectivity index (χ0) is 36.5. The molecule has 7 rings (SSSR count). The van der Waals surface area contributed by atoms with Gasteiger partial charge < -0.3 is 29.2 Å². The van der Waals surface area contributed by atoms with Gasteiger partial charge >= 0.3 is 5.97 Å². The van der Waals surface area contributed by atoms with Crippen molar-refractivity contribution in [2.75, 3.05) is 6.54 Å². The van der Waals surface area contributed by atoms with Crippen LogP contribution in [0.2, 0.25) is 0 Å². The molecule has 284 valence electrons. The molecule has 6 heterocycles. The third-order valence-electron chi connectivity index (χ3n) is 14.6. The van der Waals surface area contributed by atoms with Gasteiger partial charge in [0, 0.05) is 55.7 Å². The summed E-state index contributed by atoms with van der Waals surface area (Å²) in [5.41, 5.74) is 4.70. The van der Waals surface area contributed by atoms with E-state index in [0.717, 1.165) is 69.9 Å². The zero-order valence-electron chi connectivity index (χ0n) is 32.5. The Morgan fingerprint density at radius 3 is 2.47 bits per heavy atom. The summed E-state index contributed by atoms with van der Waals surface area (Å²) >= 11 is 0. The molecule has 3 spiro atoms. The second-order valence-electron chi connectivity index (χ2n) is 18.5. The maximum Gasteiger partial charge on any atom is 0.309 e. The standard InChI is InChI=1S/C43H65NO7/c1-25-10-9-11-38-41(22-28(4)30(6)24-44-38)15-13-33(37-20-27(3)39(46)48-37)31(7)34(41)19-26(2)35(45)21-36-29(5)23-42(50-36)16-17-43(51-42)40(8,47)14-12-32(18-25)49-43/h19,27-30,32,34-37,45,47H,1,9-18,20-24H2,2-8H3/b26-19-. The number of carbonyl (C=O) groups is 1. The lowest BCUT2D eigenvalue weighted by molar-refractivity contribution is -0.387. The second kappa shape index (κ2) is 13.8. The first-order chi connectivity index (χ1) is 24.1. The lowest BCUT2D eigenvalue weighted by Crippen LogP contribution is -2.60. The molecule has 0 aromatic carbocycles. The van der Waals surface area contributed by atoms with E-state index in [0.29, 0.717) is 43.9 Å². The molecule has 1 aliphatic carbocycles. The third kappa shape index (κ3) is 6.77. The average molecular weight is 708 g/mol. The molecule has 0 amide bonds. The molecule has 7 aliphatic rings. The Balaban J connectivity index is 1.27. The predicted molar refractivity (Wildman–Crippen MR) is 198 cm³/mol. The number of ether oxygens (including phenoxy) is 4. The molecule has 0 radical (unpaired) electrons. The number of hydrogen-bond donors (Lipinski definition) is 2. The minimum Gasteiger partial charge on any atom is -0.458 e. The van der Waals surface area contributed by atoms with E-state index < -0.39 is 23.3 Å². The summed E-state index contributed by atoms with van der Waals surface area (Å²) in [4.78, 5) is 18.1. The quantitative estimate of drug-likeness (QED) is 0.209. The predicted octanol–water partition coefficient (Wildman–Crippen LogP) is 8.15. The van der Waals surface area contributed by atoms with Crippen molar-refractivity contribution in [2.24, 2.45) is 40.0 Å². The Morgan fingerprint density at radius 2 is 1.73 bits per heavy atom. The van der Waals surface area contributed by atoms with Gasteiger partial charge in [-0.15, -0.1) is 0 Å². The van der Waals surface area contributed by atoms with E-state index in [1.807, 2.05) is 13.8 Å². The SMILES string of the molecule is C=C1CCCC2=NCC(C)C(C)CC23CCC(C2CC(C)C(=O)O2)=C(C)C3/C=C(/C)C(O)CC2OC3(CCC4(OC(CCC4(C)O)C1)O3)CC2C. The molecule has 8 nitrogen and oxygen atoms in total. The monoisotopic (exact) mass is 707 g/mol. The number of nitrogens with zero attached hydrogens (tertiary/aromatic N) is 1. The fourth-order valence-electron chi connectivity index (χ4n) is 11.1. The molecule has 13 unspecified atom stereocenters. The number of allylic oxidation sites excluding steroid dienone is 2. The number of hydrogen-bond acceptors (Lipinski definition) is 8. The molecular weight excluding hydrogens is 642 g/mol. The van der Waals surface area contributed by atoms with Crippen molar-refractivity contribution in [1.29, 1.82) is 0 Å². The minimum absolute atomic E-state index is 0.0449. The van der Waals surface area contributed by atoms with Crippen LogP contribution in [0.1, 0.15) is 138 Å². The molecule has 6 aliphatic heterocycles. The highest BCUT2D eigenvalue weighted by Crippen LogP contribution is 2.57. The van der Waals surface area contributed by atoms with Gasteiger partial charge in [-0.2, -0.15) is 0 Å². The van der Waals surface area contributed by atoms with Crippen molar-refractivity contribution >= 4 is 11.7 Å². The van der Waals surface area contributed by atoms with Crippen LogP contribution in [0, 0.1) is 35.0 Å². The van der Waals surface area contributed by atoms with Crippen LogP contribution in [0.25, 0.3) is 0 Å². The number of fused-ring (bicyclic) bond motifs is 2. The van der Waals surface area contributed by atoms with Crippen molar-refractivity contribution < 1.29 is 34.0 Å². The fourth-order valence-corrected chi connectivity index (χ4v) is 11.1. The van der Waals surface area contributed by atoms with Gasteiger partial charge in [0.1, 0.15) is 11.7 Å². The fraction of sp³-hybridized carbons (Fsp3) is 0.814. The summed E-state index contributed by atoms with van der Waals surface area (Å²) in [6.45, 7) is 20.5. The van der Waals surface area contributed by atoms with E-state index in [9.17, 15) is 15.0 Å². The van der Waals surface area contributed by atoms with Gasteiger partial charge in [0.25, 0.3) is 0 Å². The maximum atomic E-state index is 12.6. The summed E-state index contributed by atoms with van der Waals surface area (Å²) in [5, 5.41) is 23.6. The summed E-state index contributed by atoms with van der Waals surface area (Å²) in [7, 11) is 0. The summed E-state index contributed by atoms with van der Waals surface area (Å²) < 4.78 is 26.4. The topological polar surface area (TPSA) is 107 Å². The van der Waals surface area contributed by atoms with Crippen molar-refractivity contribution in [3.05, 3.63) is 34.9 Å². The van der Waals surface area contributed by atoms with Crippen LogP contribution >= 0.6 is 0 Å². The number of aliphatic hydroxyl groups excluding tert-OH is 1. The molecule has 0 aromatic heterocycles. The van der Waals surface area contributed by atoms with Gasteiger partial charge in [-0.25, -0.2) is 0 Å². The highest BCUT2D eigenvalue weighted by molar-refractivity contribution is 5.92. The molecule has 51 heavy (non-hydrogen) atoms. The van der Waals surface area contributed by atoms with Crippen LogP contribution in [0.3, 0.4) is 0 Å². The first-order valence-electron chi connectivity index (χ1n) is 20.3. The average Bonchev–Trinajstić information content (AvgIpc) is 3.67. The normalized spacial score (nSPS) is 49.4. The first kappa shape index (κ1) is 37.5. The van der Waals surface area contributed by atoms with Crippen molar-refractivity contribution in [3.63, 3.8) is 0 Å². The molecule has 13 atom stereocenters. The number of rotatable bonds is 1. The van der Waals surface area contributed by atoms with Gasteiger partial charge in [0.15, 0.2) is 5.79 Å². The van der Waals surface area contributed by atoms with Gasteiger partial charge in [-0.3, -0.25) is 9.79 Å². The lowest BCUT2D eigenvalue weighted by atomic mass is 9.56. The van der Waals surface area contributed by atoms with Crippen LogP contribution < -0.4 is 0 Å². The molecular formula is C43H65NO7. The molecule has 4 saturated heterocycles. The highest BCUT2D eigenvalue weighted by atomic mass is 16.8. The molecule has 0 saturated carbocycles. The Hall–Kier alpha value is -1.84. The van der Waals surface area contributed by atoms with Crippen molar-refractivity contribution in [1.82, 2.24) is 0 Å². The van der Waals surface area contributed by atoms with E-state index in [4.69, 9.17) is 23.9 Å². The van der Waals surface area contributed by atoms with Gasteiger partial charge in [0.05, 0.1) is 24.2 Å². The summed E-state index contributed by atoms with van der Waals surface area (Å²) in [5.74, 6) is -0.927. The largest absolute Gasteiger partial charge is 0.458 e.